The van der Waals surface area contributed by atoms with Crippen LogP contribution in [-0.4, -0.2) is 55.7 Å². The van der Waals surface area contributed by atoms with E-state index in [9.17, 15) is 4.79 Å². The van der Waals surface area contributed by atoms with Gasteiger partial charge < -0.3 is 29.2 Å². The van der Waals surface area contributed by atoms with E-state index < -0.39 is 6.04 Å². The molecule has 0 radical (unpaired) electrons. The molecule has 3 aromatic heterocycles. The Bertz CT molecular complexity index is 1880. The van der Waals surface area contributed by atoms with Crippen LogP contribution in [0.1, 0.15) is 43.2 Å². The molecule has 45 heavy (non-hydrogen) atoms. The SMILES string of the molecule is C=CC(=O)N1CCC(C#Cc2c(-c3ccc(Oc4ccccc4)cc3)c3c(N)ncnc3n2C(C)c2noc(COC)n2)CC1. The number of likely N-dealkylation sites (tertiary alicyclic amines) is 1. The molecule has 11 nitrogen and oxygen atoms in total. The van der Waals surface area contributed by atoms with Gasteiger partial charge in [-0.05, 0) is 61.6 Å². The predicted molar refractivity (Wildman–Crippen MR) is 169 cm³/mol. The summed E-state index contributed by atoms with van der Waals surface area (Å²) in [6.45, 7) is 7.03. The summed E-state index contributed by atoms with van der Waals surface area (Å²) in [6, 6.07) is 17.0. The van der Waals surface area contributed by atoms with Crippen LogP contribution in [0.4, 0.5) is 5.82 Å². The van der Waals surface area contributed by atoms with E-state index in [1.807, 2.05) is 66.1 Å². The number of nitrogen functional groups attached to an aromatic ring is 1. The van der Waals surface area contributed by atoms with Crippen LogP contribution in [0.2, 0.25) is 0 Å². The molecule has 2 aromatic carbocycles. The van der Waals surface area contributed by atoms with Gasteiger partial charge in [-0.15, -0.1) is 0 Å². The molecule has 1 amide bonds. The Balaban J connectivity index is 1.46. The highest BCUT2D eigenvalue weighted by atomic mass is 16.5. The van der Waals surface area contributed by atoms with Crippen LogP contribution in [0.15, 0.2) is 78.1 Å². The van der Waals surface area contributed by atoms with Crippen LogP contribution < -0.4 is 10.5 Å². The molecule has 0 spiro atoms. The van der Waals surface area contributed by atoms with Crippen molar-refractivity contribution in [2.45, 2.75) is 32.4 Å². The van der Waals surface area contributed by atoms with Gasteiger partial charge in [0.1, 0.15) is 41.6 Å². The molecule has 11 heteroatoms. The van der Waals surface area contributed by atoms with E-state index in [0.29, 0.717) is 53.1 Å². The summed E-state index contributed by atoms with van der Waals surface area (Å²) < 4.78 is 18.6. The number of anilines is 1. The second kappa shape index (κ2) is 13.0. The smallest absolute Gasteiger partial charge is 0.252 e. The third kappa shape index (κ3) is 6.14. The van der Waals surface area contributed by atoms with Crippen LogP contribution in [0.25, 0.3) is 22.2 Å². The van der Waals surface area contributed by atoms with Crippen molar-refractivity contribution in [3.8, 4) is 34.5 Å². The molecule has 1 unspecified atom stereocenters. The largest absolute Gasteiger partial charge is 0.457 e. The summed E-state index contributed by atoms with van der Waals surface area (Å²) in [5, 5.41) is 4.90. The number of nitrogens with zero attached hydrogens (tertiary/aromatic N) is 6. The Morgan fingerprint density at radius 3 is 2.58 bits per heavy atom. The Kier molecular flexibility index (Phi) is 8.57. The topological polar surface area (TPSA) is 134 Å². The van der Waals surface area contributed by atoms with Gasteiger partial charge in [0.2, 0.25) is 5.91 Å². The van der Waals surface area contributed by atoms with E-state index in [4.69, 9.17) is 19.7 Å². The van der Waals surface area contributed by atoms with Gasteiger partial charge >= 0.3 is 0 Å². The highest BCUT2D eigenvalue weighted by molar-refractivity contribution is 6.03. The van der Waals surface area contributed by atoms with Gasteiger partial charge in [0.15, 0.2) is 5.82 Å². The summed E-state index contributed by atoms with van der Waals surface area (Å²) in [5.74, 6) is 9.60. The highest BCUT2D eigenvalue weighted by Crippen LogP contribution is 2.40. The van der Waals surface area contributed by atoms with Crippen molar-refractivity contribution in [2.24, 2.45) is 5.92 Å². The van der Waals surface area contributed by atoms with Crippen LogP contribution >= 0.6 is 0 Å². The third-order valence-corrected chi connectivity index (χ3v) is 7.82. The van der Waals surface area contributed by atoms with Gasteiger partial charge in [-0.25, -0.2) is 9.97 Å². The van der Waals surface area contributed by atoms with Gasteiger partial charge in [0, 0.05) is 31.7 Å². The monoisotopic (exact) mass is 603 g/mol. The fraction of sp³-hybridized carbons (Fsp3) is 0.265. The molecule has 1 fully saturated rings. The van der Waals surface area contributed by atoms with E-state index in [2.05, 4.69) is 38.5 Å². The van der Waals surface area contributed by atoms with Crippen LogP contribution in [-0.2, 0) is 16.1 Å². The maximum atomic E-state index is 12.1. The fourth-order valence-electron chi connectivity index (χ4n) is 5.53. The number of rotatable bonds is 8. The lowest BCUT2D eigenvalue weighted by Crippen LogP contribution is -2.37. The molecule has 4 heterocycles. The molecule has 0 bridgehead atoms. The van der Waals surface area contributed by atoms with E-state index in [1.54, 1.807) is 12.0 Å². The molecular formula is C34H33N7O4. The average Bonchev–Trinajstić information content (AvgIpc) is 3.68. The molecule has 1 atom stereocenters. The van der Waals surface area contributed by atoms with Gasteiger partial charge in [-0.2, -0.15) is 4.98 Å². The zero-order valence-electron chi connectivity index (χ0n) is 25.1. The lowest BCUT2D eigenvalue weighted by atomic mass is 9.96. The summed E-state index contributed by atoms with van der Waals surface area (Å²) in [7, 11) is 1.57. The highest BCUT2D eigenvalue weighted by Gasteiger charge is 2.28. The first-order valence-corrected chi connectivity index (χ1v) is 14.7. The standard InChI is InChI=1S/C34H33N7O4/c1-4-29(42)40-18-16-23(17-19-40)10-15-27-30(24-11-13-26(14-12-24)44-25-8-6-5-7-9-25)31-32(35)36-21-37-34(31)41(27)22(2)33-38-28(20-43-3)45-39-33/h4-9,11-14,21-23H,1,16-20H2,2-3H3,(H2,35,36,37). The number of nitrogens with two attached hydrogens (primary N) is 1. The molecule has 1 aliphatic heterocycles. The molecule has 5 aromatic rings. The third-order valence-electron chi connectivity index (χ3n) is 7.82. The Morgan fingerprint density at radius 1 is 1.13 bits per heavy atom. The number of aromatic nitrogens is 5. The summed E-state index contributed by atoms with van der Waals surface area (Å²) in [5.41, 5.74) is 9.51. The first kappa shape index (κ1) is 29.6. The predicted octanol–water partition coefficient (Wildman–Crippen LogP) is 5.39. The Hall–Kier alpha value is -5.47. The molecule has 0 aliphatic carbocycles. The van der Waals surface area contributed by atoms with Crippen molar-refractivity contribution in [2.75, 3.05) is 25.9 Å². The molecule has 2 N–H and O–H groups in total. The maximum absolute atomic E-state index is 12.1. The van der Waals surface area contributed by atoms with Crippen molar-refractivity contribution >= 4 is 22.8 Å². The van der Waals surface area contributed by atoms with Crippen molar-refractivity contribution in [1.82, 2.24) is 29.6 Å². The first-order chi connectivity index (χ1) is 22.0. The molecule has 1 aliphatic rings. The van der Waals surface area contributed by atoms with Gasteiger partial charge in [-0.3, -0.25) is 4.79 Å². The number of ether oxygens (including phenoxy) is 2. The maximum Gasteiger partial charge on any atom is 0.252 e. The normalized spacial score (nSPS) is 14.1. The van der Waals surface area contributed by atoms with Crippen molar-refractivity contribution in [1.29, 1.82) is 0 Å². The number of methoxy groups -OCH3 is 1. The van der Waals surface area contributed by atoms with E-state index in [-0.39, 0.29) is 18.4 Å². The lowest BCUT2D eigenvalue weighted by Gasteiger charge is -2.28. The minimum Gasteiger partial charge on any atom is -0.457 e. The molecule has 1 saturated heterocycles. The molecule has 0 saturated carbocycles. The summed E-state index contributed by atoms with van der Waals surface area (Å²) >= 11 is 0. The number of para-hydroxylation sites is 1. The molecule has 6 rings (SSSR count). The Morgan fingerprint density at radius 2 is 1.87 bits per heavy atom. The van der Waals surface area contributed by atoms with Crippen LogP contribution in [0.3, 0.4) is 0 Å². The summed E-state index contributed by atoms with van der Waals surface area (Å²) in [6.07, 6.45) is 4.32. The van der Waals surface area contributed by atoms with Crippen molar-refractivity contribution < 1.29 is 18.8 Å². The number of amides is 1. The number of benzene rings is 2. The number of carbonyl (C=O) groups is 1. The molecule has 228 valence electrons. The number of piperidine rings is 1. The minimum atomic E-state index is -0.415. The summed E-state index contributed by atoms with van der Waals surface area (Å²) in [4.78, 5) is 27.5. The average molecular weight is 604 g/mol. The lowest BCUT2D eigenvalue weighted by molar-refractivity contribution is -0.127. The van der Waals surface area contributed by atoms with E-state index in [1.165, 1.54) is 12.4 Å². The van der Waals surface area contributed by atoms with Crippen LogP contribution in [0, 0.1) is 17.8 Å². The van der Waals surface area contributed by atoms with Crippen molar-refractivity contribution in [3.05, 3.63) is 91.0 Å². The second-order valence-corrected chi connectivity index (χ2v) is 10.7. The number of hydrogen-bond donors (Lipinski definition) is 1. The number of fused-ring (bicyclic) bond motifs is 1. The Labute approximate surface area is 260 Å². The van der Waals surface area contributed by atoms with Gasteiger partial charge in [0.05, 0.1) is 11.4 Å². The van der Waals surface area contributed by atoms with E-state index >= 15 is 0 Å². The molecular weight excluding hydrogens is 570 g/mol. The zero-order chi connectivity index (χ0) is 31.3. The number of carbonyl (C=O) groups excluding carboxylic acids is 1. The first-order valence-electron chi connectivity index (χ1n) is 14.7. The van der Waals surface area contributed by atoms with Crippen LogP contribution in [0.5, 0.6) is 11.5 Å². The quantitative estimate of drug-likeness (QED) is 0.183. The van der Waals surface area contributed by atoms with Crippen molar-refractivity contribution in [3.63, 3.8) is 0 Å². The minimum absolute atomic E-state index is 0.0562. The zero-order valence-corrected chi connectivity index (χ0v) is 25.1. The van der Waals surface area contributed by atoms with E-state index in [0.717, 1.165) is 29.7 Å². The fourth-order valence-corrected chi connectivity index (χ4v) is 5.53. The second-order valence-electron chi connectivity index (χ2n) is 10.7. The van der Waals surface area contributed by atoms with Gasteiger partial charge in [-0.1, -0.05) is 48.0 Å². The number of hydrogen-bond acceptors (Lipinski definition) is 9. The van der Waals surface area contributed by atoms with Gasteiger partial charge in [0.25, 0.3) is 5.89 Å².